The summed E-state index contributed by atoms with van der Waals surface area (Å²) in [5, 5.41) is 16.1. The van der Waals surface area contributed by atoms with Crippen LogP contribution >= 0.6 is 0 Å². The summed E-state index contributed by atoms with van der Waals surface area (Å²) in [6, 6.07) is 1.27. The van der Waals surface area contributed by atoms with Crippen molar-refractivity contribution in [2.45, 2.75) is 77.0 Å². The highest BCUT2D eigenvalue weighted by Gasteiger charge is 2.31. The summed E-state index contributed by atoms with van der Waals surface area (Å²) in [5.74, 6) is -3.26. The molecule has 5 N–H and O–H groups in total. The molecule has 1 aromatic heterocycles. The van der Waals surface area contributed by atoms with Crippen molar-refractivity contribution in [2.24, 2.45) is 27.6 Å². The number of nitrogens with one attached hydrogen (secondary N) is 2. The number of rotatable bonds is 6. The maximum atomic E-state index is 14.5. The Balaban J connectivity index is 1.71. The molecular weight excluding hydrogens is 499 g/mol. The van der Waals surface area contributed by atoms with Gasteiger partial charge in [0.15, 0.2) is 17.5 Å². The van der Waals surface area contributed by atoms with E-state index >= 15 is 0 Å². The van der Waals surface area contributed by atoms with Crippen LogP contribution in [-0.4, -0.2) is 45.4 Å². The standard InChI is InChI=1S/C26H34F3N7O2/c1-13-4-7-16(12-20(13)37)33-25(31-3)35-24-14(2)32-26(34-22-19(28)11-10-18(27)21(22)29)36(24)17-8-5-15(6-9-17)23(30)38/h10-11,13,15-17,20,37H,3-9,12H2,1-2H3,(H2,30,38)(H,32,34)(H,33,35)/t13-,15-,16-,17+,20?/m1/s1. The van der Waals surface area contributed by atoms with Gasteiger partial charge >= 0.3 is 0 Å². The van der Waals surface area contributed by atoms with Gasteiger partial charge in [-0.1, -0.05) is 6.92 Å². The number of guanidine groups is 1. The first kappa shape index (κ1) is 27.6. The number of imidazole rings is 1. The molecule has 2 aromatic rings. The minimum Gasteiger partial charge on any atom is -0.393 e. The third-order valence-electron chi connectivity index (χ3n) is 7.65. The van der Waals surface area contributed by atoms with Crippen LogP contribution in [0.4, 0.5) is 30.6 Å². The van der Waals surface area contributed by atoms with Crippen molar-refractivity contribution in [3.05, 3.63) is 35.3 Å². The highest BCUT2D eigenvalue weighted by molar-refractivity contribution is 5.86. The van der Waals surface area contributed by atoms with E-state index < -0.39 is 29.2 Å². The van der Waals surface area contributed by atoms with Crippen molar-refractivity contribution in [3.63, 3.8) is 0 Å². The maximum absolute atomic E-state index is 14.5. The van der Waals surface area contributed by atoms with Crippen LogP contribution in [0.25, 0.3) is 0 Å². The summed E-state index contributed by atoms with van der Waals surface area (Å²) in [6.07, 6.45) is 3.94. The summed E-state index contributed by atoms with van der Waals surface area (Å²) >= 11 is 0. The fourth-order valence-corrected chi connectivity index (χ4v) is 5.30. The third kappa shape index (κ3) is 5.85. The number of aliphatic hydroxyl groups is 1. The Labute approximate surface area is 219 Å². The first-order valence-corrected chi connectivity index (χ1v) is 12.9. The topological polar surface area (TPSA) is 130 Å². The Hall–Kier alpha value is -3.41. The monoisotopic (exact) mass is 533 g/mol. The number of aliphatic imine (C=N–C) groups is 2. The molecular formula is C26H34F3N7O2. The van der Waals surface area contributed by atoms with Gasteiger partial charge in [-0.05, 0) is 76.6 Å². The fraction of sp³-hybridized carbons (Fsp3) is 0.538. The molecule has 0 bridgehead atoms. The Morgan fingerprint density at radius 3 is 2.47 bits per heavy atom. The van der Waals surface area contributed by atoms with Crippen molar-refractivity contribution in [1.82, 2.24) is 14.9 Å². The lowest BCUT2D eigenvalue weighted by molar-refractivity contribution is -0.122. The van der Waals surface area contributed by atoms with Gasteiger partial charge in [0, 0.05) is 18.0 Å². The van der Waals surface area contributed by atoms with Crippen molar-refractivity contribution in [1.29, 1.82) is 0 Å². The van der Waals surface area contributed by atoms with E-state index in [0.29, 0.717) is 49.7 Å². The number of primary amides is 1. The number of hydrogen-bond donors (Lipinski definition) is 4. The van der Waals surface area contributed by atoms with Crippen LogP contribution in [0.2, 0.25) is 0 Å². The van der Waals surface area contributed by atoms with Gasteiger partial charge in [-0.25, -0.2) is 23.1 Å². The fourth-order valence-electron chi connectivity index (χ4n) is 5.30. The molecule has 9 nitrogen and oxygen atoms in total. The van der Waals surface area contributed by atoms with E-state index in [1.54, 1.807) is 11.5 Å². The van der Waals surface area contributed by atoms with E-state index in [1.807, 2.05) is 6.92 Å². The Morgan fingerprint density at radius 2 is 1.84 bits per heavy atom. The largest absolute Gasteiger partial charge is 0.393 e. The average Bonchev–Trinajstić information content (AvgIpc) is 3.20. The molecule has 2 saturated carbocycles. The second kappa shape index (κ2) is 11.5. The molecule has 1 heterocycles. The van der Waals surface area contributed by atoms with E-state index in [-0.39, 0.29) is 41.7 Å². The lowest BCUT2D eigenvalue weighted by Gasteiger charge is -2.32. The molecule has 38 heavy (non-hydrogen) atoms. The minimum absolute atomic E-state index is 0.0544. The molecule has 206 valence electrons. The number of amides is 1. The molecule has 2 fully saturated rings. The Bertz CT molecular complexity index is 1220. The van der Waals surface area contributed by atoms with E-state index in [0.717, 1.165) is 18.9 Å². The molecule has 1 unspecified atom stereocenters. The summed E-state index contributed by atoms with van der Waals surface area (Å²) in [7, 11) is 0. The maximum Gasteiger partial charge on any atom is 0.224 e. The lowest BCUT2D eigenvalue weighted by Crippen LogP contribution is -2.41. The zero-order valence-corrected chi connectivity index (χ0v) is 21.6. The summed E-state index contributed by atoms with van der Waals surface area (Å²) in [4.78, 5) is 24.9. The van der Waals surface area contributed by atoms with Crippen LogP contribution in [0.3, 0.4) is 0 Å². The molecule has 1 amide bonds. The summed E-state index contributed by atoms with van der Waals surface area (Å²) in [5.41, 5.74) is 5.28. The van der Waals surface area contributed by atoms with Crippen LogP contribution in [-0.2, 0) is 4.79 Å². The second-order valence-corrected chi connectivity index (χ2v) is 10.3. The summed E-state index contributed by atoms with van der Waals surface area (Å²) < 4.78 is 44.6. The van der Waals surface area contributed by atoms with E-state index in [2.05, 4.69) is 32.3 Å². The van der Waals surface area contributed by atoms with Gasteiger partial charge in [-0.15, -0.1) is 0 Å². The van der Waals surface area contributed by atoms with Crippen LogP contribution < -0.4 is 16.4 Å². The van der Waals surface area contributed by atoms with Crippen LogP contribution in [0.1, 0.15) is 63.6 Å². The summed E-state index contributed by atoms with van der Waals surface area (Å²) in [6.45, 7) is 7.33. The van der Waals surface area contributed by atoms with Gasteiger partial charge in [-0.2, -0.15) is 4.99 Å². The molecule has 12 heteroatoms. The molecule has 0 saturated heterocycles. The van der Waals surface area contributed by atoms with Gasteiger partial charge in [0.1, 0.15) is 11.5 Å². The van der Waals surface area contributed by atoms with Gasteiger partial charge in [0.05, 0.1) is 11.8 Å². The van der Waals surface area contributed by atoms with E-state index in [1.165, 1.54) is 0 Å². The van der Waals surface area contributed by atoms with Crippen molar-refractivity contribution in [3.8, 4) is 0 Å². The molecule has 0 radical (unpaired) electrons. The number of carbonyl (C=O) groups is 1. The predicted molar refractivity (Wildman–Crippen MR) is 139 cm³/mol. The van der Waals surface area contributed by atoms with Gasteiger partial charge in [-0.3, -0.25) is 9.36 Å². The first-order chi connectivity index (χ1) is 18.1. The quantitative estimate of drug-likeness (QED) is 0.249. The van der Waals surface area contributed by atoms with Crippen molar-refractivity contribution < 1.29 is 23.1 Å². The number of aliphatic hydroxyl groups excluding tert-OH is 1. The molecule has 3 atom stereocenters. The van der Waals surface area contributed by atoms with Crippen LogP contribution in [0.5, 0.6) is 0 Å². The Kier molecular flexibility index (Phi) is 8.39. The number of benzene rings is 1. The normalized spacial score (nSPS) is 26.2. The smallest absolute Gasteiger partial charge is 0.224 e. The third-order valence-corrected chi connectivity index (χ3v) is 7.65. The van der Waals surface area contributed by atoms with Gasteiger partial charge in [0.25, 0.3) is 0 Å². The van der Waals surface area contributed by atoms with Gasteiger partial charge in [0.2, 0.25) is 17.8 Å². The predicted octanol–water partition coefficient (Wildman–Crippen LogP) is 4.40. The molecule has 2 aliphatic rings. The van der Waals surface area contributed by atoms with Gasteiger partial charge < -0.3 is 21.5 Å². The average molecular weight is 534 g/mol. The molecule has 4 rings (SSSR count). The number of anilines is 2. The van der Waals surface area contributed by atoms with Crippen LogP contribution in [0, 0.1) is 36.2 Å². The van der Waals surface area contributed by atoms with E-state index in [4.69, 9.17) is 5.73 Å². The zero-order valence-electron chi connectivity index (χ0n) is 21.6. The Morgan fingerprint density at radius 1 is 1.16 bits per heavy atom. The lowest BCUT2D eigenvalue weighted by atomic mass is 9.85. The molecule has 0 spiro atoms. The van der Waals surface area contributed by atoms with Crippen molar-refractivity contribution >= 4 is 36.0 Å². The number of carbonyl (C=O) groups excluding carboxylic acids is 1. The molecule has 2 aliphatic carbocycles. The number of aromatic nitrogens is 2. The van der Waals surface area contributed by atoms with E-state index in [9.17, 15) is 23.1 Å². The number of hydrogen-bond acceptors (Lipinski definition) is 5. The second-order valence-electron chi connectivity index (χ2n) is 10.3. The zero-order chi connectivity index (χ0) is 27.6. The molecule has 1 aromatic carbocycles. The SMILES string of the molecule is C=N/C(=N\c1c(C)nc(Nc2c(F)ccc(F)c2F)n1[C@H]1CC[C@@H](C(N)=O)CC1)N[C@@H]1CC[C@@H](C)C(O)C1. The highest BCUT2D eigenvalue weighted by Crippen LogP contribution is 2.40. The van der Waals surface area contributed by atoms with Crippen molar-refractivity contribution in [2.75, 3.05) is 5.32 Å². The number of nitrogens with two attached hydrogens (primary N) is 1. The van der Waals surface area contributed by atoms with Crippen LogP contribution in [0.15, 0.2) is 22.1 Å². The number of nitrogens with zero attached hydrogens (tertiary/aromatic N) is 4. The highest BCUT2D eigenvalue weighted by atomic mass is 19.2. The minimum atomic E-state index is -1.36. The molecule has 0 aliphatic heterocycles. The number of halogens is 3. The first-order valence-electron chi connectivity index (χ1n) is 12.9. The number of aryl methyl sites for hydroxylation is 1.